The largest absolute Gasteiger partial charge is 0.508 e. The Morgan fingerprint density at radius 1 is 1.13 bits per heavy atom. The van der Waals surface area contributed by atoms with E-state index in [-0.39, 0.29) is 11.7 Å². The molecule has 1 aliphatic rings. The van der Waals surface area contributed by atoms with Gasteiger partial charge in [-0.15, -0.1) is 0 Å². The molecule has 0 bridgehead atoms. The maximum atomic E-state index is 13.3. The number of carbonyl (C=O) groups is 1. The molecule has 0 saturated carbocycles. The number of phenolic OH excluding ortho intramolecular Hbond substituents is 1. The van der Waals surface area contributed by atoms with Crippen LogP contribution in [0.15, 0.2) is 73.2 Å². The van der Waals surface area contributed by atoms with Gasteiger partial charge in [0.05, 0.1) is 6.42 Å². The highest BCUT2D eigenvalue weighted by molar-refractivity contribution is 5.82. The van der Waals surface area contributed by atoms with Crippen molar-refractivity contribution in [3.63, 3.8) is 0 Å². The minimum absolute atomic E-state index is 0.0326. The monoisotopic (exact) mass is 412 g/mol. The second-order valence-corrected chi connectivity index (χ2v) is 7.69. The van der Waals surface area contributed by atoms with Crippen LogP contribution in [0, 0.1) is 0 Å². The Hall–Kier alpha value is -4.00. The predicted molar refractivity (Wildman–Crippen MR) is 116 cm³/mol. The molecule has 0 saturated heterocycles. The average molecular weight is 412 g/mol. The fourth-order valence-electron chi connectivity index (χ4n) is 3.87. The minimum atomic E-state index is -0.410. The van der Waals surface area contributed by atoms with E-state index in [0.29, 0.717) is 18.5 Å². The average Bonchev–Trinajstić information content (AvgIpc) is 3.33. The lowest BCUT2D eigenvalue weighted by Gasteiger charge is -2.07. The van der Waals surface area contributed by atoms with E-state index in [1.54, 1.807) is 41.2 Å². The molecule has 4 aromatic rings. The molecule has 5 rings (SSSR count). The van der Waals surface area contributed by atoms with Gasteiger partial charge in [0.2, 0.25) is 6.04 Å². The topological polar surface area (TPSA) is 83.9 Å². The molecule has 7 heteroatoms. The van der Waals surface area contributed by atoms with Gasteiger partial charge in [0.25, 0.3) is 0 Å². The molecule has 31 heavy (non-hydrogen) atoms. The van der Waals surface area contributed by atoms with Crippen molar-refractivity contribution in [1.82, 2.24) is 14.5 Å². The molecule has 154 valence electrons. The molecule has 0 amide bonds. The Morgan fingerprint density at radius 3 is 2.61 bits per heavy atom. The number of benzene rings is 2. The second kappa shape index (κ2) is 7.68. The Morgan fingerprint density at radius 2 is 1.90 bits per heavy atom. The highest BCUT2D eigenvalue weighted by Gasteiger charge is 2.41. The number of phenols is 1. The number of nitrogens with zero attached hydrogens (tertiary/aromatic N) is 4. The number of anilines is 1. The zero-order valence-electron chi connectivity index (χ0n) is 17.1. The van der Waals surface area contributed by atoms with Crippen LogP contribution >= 0.6 is 0 Å². The van der Waals surface area contributed by atoms with Crippen LogP contribution in [0.25, 0.3) is 11.3 Å². The number of aromatic hydroxyl groups is 1. The lowest BCUT2D eigenvalue weighted by Crippen LogP contribution is -2.44. The third-order valence-corrected chi connectivity index (χ3v) is 5.55. The van der Waals surface area contributed by atoms with Gasteiger partial charge in [-0.3, -0.25) is 5.32 Å². The number of aromatic nitrogens is 4. The number of aryl methyl sites for hydroxylation is 1. The van der Waals surface area contributed by atoms with Crippen LogP contribution in [0.2, 0.25) is 0 Å². The maximum Gasteiger partial charge on any atom is 0.359 e. The van der Waals surface area contributed by atoms with E-state index in [1.807, 2.05) is 48.1 Å². The van der Waals surface area contributed by atoms with Gasteiger partial charge in [0, 0.05) is 31.4 Å². The summed E-state index contributed by atoms with van der Waals surface area (Å²) in [5.74, 6) is 1.72. The first-order valence-electron chi connectivity index (χ1n) is 10.1. The number of fused-ring (bicyclic) bond motifs is 1. The summed E-state index contributed by atoms with van der Waals surface area (Å²) in [7, 11) is 1.92. The van der Waals surface area contributed by atoms with Crippen LogP contribution in [0.3, 0.4) is 0 Å². The number of hydrogen-bond donors (Lipinski definition) is 2. The first kappa shape index (κ1) is 19.0. The Labute approximate surface area is 179 Å². The highest BCUT2D eigenvalue weighted by Crippen LogP contribution is 2.25. The second-order valence-electron chi connectivity index (χ2n) is 7.69. The van der Waals surface area contributed by atoms with Gasteiger partial charge in [-0.25, -0.2) is 14.8 Å². The predicted octanol–water partition coefficient (Wildman–Crippen LogP) is 2.74. The molecular weight excluding hydrogens is 390 g/mol. The summed E-state index contributed by atoms with van der Waals surface area (Å²) in [6.07, 6.45) is 6.46. The summed E-state index contributed by atoms with van der Waals surface area (Å²) in [6, 6.07) is 16.5. The van der Waals surface area contributed by atoms with Crippen LogP contribution in [-0.4, -0.2) is 31.6 Å². The standard InChI is InChI=1S/C24H21N5O2/c1-28-12-11-25-22(28)14-20-24(31)29-15-21(17-7-9-18(30)10-8-17)26-19(23(29)27-20)13-16-5-3-2-4-6-16/h2-12,15,20,30H,13-14H2,1H3/p+1. The number of hydrogen-bond acceptors (Lipinski definition) is 5. The van der Waals surface area contributed by atoms with Crippen molar-refractivity contribution in [2.75, 3.05) is 5.32 Å². The molecule has 0 radical (unpaired) electrons. The van der Waals surface area contributed by atoms with E-state index in [9.17, 15) is 9.90 Å². The van der Waals surface area contributed by atoms with Crippen molar-refractivity contribution in [3.05, 3.63) is 90.3 Å². The Bertz CT molecular complexity index is 1250. The van der Waals surface area contributed by atoms with E-state index in [4.69, 9.17) is 4.98 Å². The van der Waals surface area contributed by atoms with Crippen LogP contribution in [-0.2, 0) is 19.9 Å². The van der Waals surface area contributed by atoms with Crippen molar-refractivity contribution >= 4 is 11.7 Å². The van der Waals surface area contributed by atoms with Crippen LogP contribution < -0.4 is 9.88 Å². The summed E-state index contributed by atoms with van der Waals surface area (Å²) in [4.78, 5) is 22.5. The maximum absolute atomic E-state index is 13.3. The van der Waals surface area contributed by atoms with Crippen molar-refractivity contribution in [2.24, 2.45) is 7.05 Å². The van der Waals surface area contributed by atoms with E-state index in [2.05, 4.69) is 10.3 Å². The van der Waals surface area contributed by atoms with Crippen molar-refractivity contribution < 1.29 is 14.5 Å². The lowest BCUT2D eigenvalue weighted by molar-refractivity contribution is -0.552. The first-order chi connectivity index (χ1) is 15.1. The van der Waals surface area contributed by atoms with Gasteiger partial charge in [-0.2, -0.15) is 4.57 Å². The Balaban J connectivity index is 1.56. The molecule has 3 heterocycles. The molecule has 2 N–H and O–H groups in total. The summed E-state index contributed by atoms with van der Waals surface area (Å²) in [5.41, 5.74) is 3.43. The van der Waals surface area contributed by atoms with E-state index in [1.165, 1.54) is 0 Å². The van der Waals surface area contributed by atoms with Crippen molar-refractivity contribution in [2.45, 2.75) is 18.9 Å². The van der Waals surface area contributed by atoms with E-state index < -0.39 is 6.04 Å². The van der Waals surface area contributed by atoms with Gasteiger partial charge < -0.3 is 9.67 Å². The fraction of sp³-hybridized carbons (Fsp3) is 0.167. The molecule has 1 atom stereocenters. The Kier molecular flexibility index (Phi) is 4.71. The summed E-state index contributed by atoms with van der Waals surface area (Å²) < 4.78 is 3.59. The van der Waals surface area contributed by atoms with Gasteiger partial charge in [-0.1, -0.05) is 30.3 Å². The zero-order valence-corrected chi connectivity index (χ0v) is 17.1. The third kappa shape index (κ3) is 3.66. The zero-order chi connectivity index (χ0) is 21.4. The number of carbonyl (C=O) groups excluding carboxylic acids is 1. The van der Waals surface area contributed by atoms with Gasteiger partial charge >= 0.3 is 11.7 Å². The summed E-state index contributed by atoms with van der Waals surface area (Å²) >= 11 is 0. The molecular formula is C24H22N5O2+. The molecule has 1 unspecified atom stereocenters. The molecule has 0 fully saturated rings. The van der Waals surface area contributed by atoms with Crippen LogP contribution in [0.4, 0.5) is 5.82 Å². The third-order valence-electron chi connectivity index (χ3n) is 5.55. The number of nitrogens with one attached hydrogen (secondary N) is 1. The van der Waals surface area contributed by atoms with Gasteiger partial charge in [-0.05, 0) is 29.8 Å². The van der Waals surface area contributed by atoms with Crippen molar-refractivity contribution in [1.29, 1.82) is 0 Å². The molecule has 1 aliphatic heterocycles. The number of rotatable bonds is 5. The molecule has 2 aromatic heterocycles. The molecule has 7 nitrogen and oxygen atoms in total. The normalized spacial score (nSPS) is 15.0. The van der Waals surface area contributed by atoms with E-state index in [0.717, 1.165) is 28.5 Å². The van der Waals surface area contributed by atoms with Gasteiger partial charge in [0.15, 0.2) is 0 Å². The summed E-state index contributed by atoms with van der Waals surface area (Å²) in [5, 5.41) is 13.0. The first-order valence-corrected chi connectivity index (χ1v) is 10.1. The highest BCUT2D eigenvalue weighted by atomic mass is 16.3. The van der Waals surface area contributed by atoms with Crippen LogP contribution in [0.1, 0.15) is 21.9 Å². The minimum Gasteiger partial charge on any atom is -0.508 e. The molecule has 0 aliphatic carbocycles. The molecule has 0 spiro atoms. The van der Waals surface area contributed by atoms with Gasteiger partial charge in [0.1, 0.15) is 29.2 Å². The molecule has 2 aromatic carbocycles. The van der Waals surface area contributed by atoms with Crippen molar-refractivity contribution in [3.8, 4) is 17.0 Å². The smallest absolute Gasteiger partial charge is 0.359 e. The SMILES string of the molecule is Cn1ccnc1CC1Nc2c(Cc3ccccc3)nc(-c3ccc(O)cc3)c[n+]2C1=O. The lowest BCUT2D eigenvalue weighted by atomic mass is 10.1. The fourth-order valence-corrected chi connectivity index (χ4v) is 3.87. The van der Waals surface area contributed by atoms with E-state index >= 15 is 0 Å². The van der Waals surface area contributed by atoms with Crippen LogP contribution in [0.5, 0.6) is 5.75 Å². The number of imidazole rings is 1. The quantitative estimate of drug-likeness (QED) is 0.493. The summed E-state index contributed by atoms with van der Waals surface area (Å²) in [6.45, 7) is 0.